The maximum absolute atomic E-state index is 5.20. The van der Waals surface area contributed by atoms with Gasteiger partial charge in [0, 0.05) is 0 Å². The molecule has 0 unspecified atom stereocenters. The fourth-order valence-electron chi connectivity index (χ4n) is 1.07. The van der Waals surface area contributed by atoms with Gasteiger partial charge in [0.1, 0.15) is 0 Å². The highest BCUT2D eigenvalue weighted by Gasteiger charge is 2.01. The smallest absolute Gasteiger partial charge is 0.0829 e. The molecule has 0 aromatic rings. The quantitative estimate of drug-likeness (QED) is 0.406. The lowest BCUT2D eigenvalue weighted by Gasteiger charge is -1.99. The summed E-state index contributed by atoms with van der Waals surface area (Å²) >= 11 is 0. The van der Waals surface area contributed by atoms with Gasteiger partial charge in [-0.2, -0.15) is 40.8 Å². The van der Waals surface area contributed by atoms with Crippen molar-refractivity contribution in [3.8, 4) is 0 Å². The highest BCUT2D eigenvalue weighted by Crippen LogP contribution is 1.94. The van der Waals surface area contributed by atoms with Crippen molar-refractivity contribution in [2.45, 2.75) is 55.4 Å². The zero-order valence-electron chi connectivity index (χ0n) is 16.7. The van der Waals surface area contributed by atoms with Crippen molar-refractivity contribution in [1.82, 2.24) is 0 Å². The van der Waals surface area contributed by atoms with Crippen LogP contribution in [-0.4, -0.2) is 45.7 Å². The number of hydrazone groups is 2. The maximum atomic E-state index is 5.20. The second kappa shape index (κ2) is 11.5. The molecule has 10 nitrogen and oxygen atoms in total. The van der Waals surface area contributed by atoms with Gasteiger partial charge >= 0.3 is 0 Å². The van der Waals surface area contributed by atoms with E-state index < -0.39 is 0 Å². The molecule has 0 saturated carbocycles. The van der Waals surface area contributed by atoms with E-state index in [0.717, 1.165) is 0 Å². The number of nitrogens with zero attached hydrogens (tertiary/aromatic N) is 8. The van der Waals surface area contributed by atoms with Gasteiger partial charge < -0.3 is 11.7 Å². The molecule has 142 valence electrons. The van der Waals surface area contributed by atoms with Crippen LogP contribution in [0.5, 0.6) is 0 Å². The molecule has 0 aromatic carbocycles. The van der Waals surface area contributed by atoms with Crippen molar-refractivity contribution in [2.75, 3.05) is 0 Å². The van der Waals surface area contributed by atoms with Crippen LogP contribution >= 0.6 is 0 Å². The van der Waals surface area contributed by atoms with Gasteiger partial charge in [-0.1, -0.05) is 0 Å². The molecule has 0 fully saturated rings. The Morgan fingerprint density at radius 3 is 0.654 bits per heavy atom. The number of nitrogens with two attached hydrogens (primary N) is 2. The SMILES string of the molecule is CC(=N/N)/C(C)=N\N=C(C)/C(C)=N\N=C(C)/C(C)=N\N=C(C)/C(C)=N\N. The summed E-state index contributed by atoms with van der Waals surface area (Å²) in [6.07, 6.45) is 0. The Morgan fingerprint density at radius 2 is 0.500 bits per heavy atom. The predicted molar refractivity (Wildman–Crippen MR) is 113 cm³/mol. The van der Waals surface area contributed by atoms with Crippen LogP contribution in [0.2, 0.25) is 0 Å². The topological polar surface area (TPSA) is 151 Å². The minimum absolute atomic E-state index is 0.614. The summed E-state index contributed by atoms with van der Waals surface area (Å²) < 4.78 is 0. The maximum Gasteiger partial charge on any atom is 0.0829 e. The summed E-state index contributed by atoms with van der Waals surface area (Å²) in [6, 6.07) is 0. The normalized spacial score (nSPS) is 17.1. The van der Waals surface area contributed by atoms with Crippen LogP contribution < -0.4 is 11.7 Å². The van der Waals surface area contributed by atoms with E-state index in [4.69, 9.17) is 11.7 Å². The van der Waals surface area contributed by atoms with Crippen molar-refractivity contribution in [3.05, 3.63) is 0 Å². The Kier molecular flexibility index (Phi) is 10.2. The third-order valence-corrected chi connectivity index (χ3v) is 3.53. The molecule has 0 amide bonds. The van der Waals surface area contributed by atoms with Crippen molar-refractivity contribution < 1.29 is 0 Å². The number of rotatable bonds is 7. The Hall–Kier alpha value is -3.04. The summed E-state index contributed by atoms with van der Waals surface area (Å²) in [5, 5.41) is 31.7. The van der Waals surface area contributed by atoms with E-state index >= 15 is 0 Å². The van der Waals surface area contributed by atoms with Crippen LogP contribution in [0, 0.1) is 0 Å². The molecule has 0 bridgehead atoms. The molecule has 0 saturated heterocycles. The second-order valence-electron chi connectivity index (χ2n) is 5.54. The van der Waals surface area contributed by atoms with Gasteiger partial charge in [0.2, 0.25) is 0 Å². The van der Waals surface area contributed by atoms with E-state index in [1.54, 1.807) is 55.4 Å². The average molecular weight is 360 g/mol. The summed E-state index contributed by atoms with van der Waals surface area (Å²) in [5.41, 5.74) is 5.00. The summed E-state index contributed by atoms with van der Waals surface area (Å²) in [4.78, 5) is 0. The second-order valence-corrected chi connectivity index (χ2v) is 5.54. The minimum atomic E-state index is 0.614. The average Bonchev–Trinajstić information content (AvgIpc) is 2.65. The van der Waals surface area contributed by atoms with Gasteiger partial charge in [-0.05, 0) is 55.4 Å². The molecule has 0 spiro atoms. The molecular formula is C16H28N10. The highest BCUT2D eigenvalue weighted by atomic mass is 15.3. The zero-order chi connectivity index (χ0) is 20.3. The van der Waals surface area contributed by atoms with Crippen LogP contribution in [0.4, 0.5) is 0 Å². The van der Waals surface area contributed by atoms with E-state index in [1.807, 2.05) is 0 Å². The largest absolute Gasteiger partial charge is 0.323 e. The molecule has 0 aliphatic carbocycles. The fourth-order valence-corrected chi connectivity index (χ4v) is 1.07. The third kappa shape index (κ3) is 8.18. The fraction of sp³-hybridized carbons (Fsp3) is 0.500. The van der Waals surface area contributed by atoms with Crippen molar-refractivity contribution in [1.29, 1.82) is 0 Å². The first kappa shape index (κ1) is 23.0. The standard InChI is InChI=1S/C16H28N10/c1-9(19-17)11(3)21-23-13(5)15(7)25-26-16(8)14(6)24-22-12(4)10(2)20-18/h17-18H2,1-8H3/b19-9-,20-10-,21-11-,22-12-,23-13-,24-14-,25-15-,26-16-. The van der Waals surface area contributed by atoms with Crippen LogP contribution in [0.3, 0.4) is 0 Å². The molecule has 0 rings (SSSR count). The lowest BCUT2D eigenvalue weighted by atomic mass is 10.3. The summed E-state index contributed by atoms with van der Waals surface area (Å²) in [6.45, 7) is 14.2. The zero-order valence-corrected chi connectivity index (χ0v) is 16.7. The monoisotopic (exact) mass is 360 g/mol. The Morgan fingerprint density at radius 1 is 0.346 bits per heavy atom. The van der Waals surface area contributed by atoms with Crippen molar-refractivity contribution >= 4 is 45.7 Å². The third-order valence-electron chi connectivity index (χ3n) is 3.53. The van der Waals surface area contributed by atoms with Crippen LogP contribution in [0.25, 0.3) is 0 Å². The van der Waals surface area contributed by atoms with Gasteiger partial charge in [-0.3, -0.25) is 0 Å². The molecular weight excluding hydrogens is 332 g/mol. The minimum Gasteiger partial charge on any atom is -0.323 e. The van der Waals surface area contributed by atoms with Gasteiger partial charge in [-0.25, -0.2) is 0 Å². The number of hydrogen-bond acceptors (Lipinski definition) is 10. The molecule has 4 N–H and O–H groups in total. The van der Waals surface area contributed by atoms with Gasteiger partial charge in [0.05, 0.1) is 45.7 Å². The highest BCUT2D eigenvalue weighted by molar-refractivity contribution is 6.44. The Balaban J connectivity index is 5.31. The van der Waals surface area contributed by atoms with E-state index in [2.05, 4.69) is 40.8 Å². The van der Waals surface area contributed by atoms with E-state index in [9.17, 15) is 0 Å². The van der Waals surface area contributed by atoms with Crippen molar-refractivity contribution in [2.24, 2.45) is 52.5 Å². The molecule has 0 heterocycles. The first-order valence-corrected chi connectivity index (χ1v) is 7.91. The molecule has 0 aliphatic rings. The molecule has 0 aliphatic heterocycles. The molecule has 0 radical (unpaired) electrons. The van der Waals surface area contributed by atoms with Crippen LogP contribution in [-0.2, 0) is 0 Å². The Labute approximate surface area is 154 Å². The first-order chi connectivity index (χ1) is 12.1. The Bertz CT molecular complexity index is 681. The lowest BCUT2D eigenvalue weighted by molar-refractivity contribution is 1.19. The molecule has 0 atom stereocenters. The van der Waals surface area contributed by atoms with E-state index in [1.165, 1.54) is 0 Å². The van der Waals surface area contributed by atoms with Crippen LogP contribution in [0.15, 0.2) is 40.8 Å². The van der Waals surface area contributed by atoms with E-state index in [-0.39, 0.29) is 0 Å². The lowest BCUT2D eigenvalue weighted by Crippen LogP contribution is -2.10. The van der Waals surface area contributed by atoms with Gasteiger partial charge in [0.15, 0.2) is 0 Å². The molecule has 10 heteroatoms. The summed E-state index contributed by atoms with van der Waals surface area (Å²) in [7, 11) is 0. The van der Waals surface area contributed by atoms with Crippen molar-refractivity contribution in [3.63, 3.8) is 0 Å². The van der Waals surface area contributed by atoms with Crippen LogP contribution in [0.1, 0.15) is 55.4 Å². The van der Waals surface area contributed by atoms with Gasteiger partial charge in [-0.15, -0.1) is 0 Å². The number of hydrogen-bond donors (Lipinski definition) is 2. The predicted octanol–water partition coefficient (Wildman–Crippen LogP) is 2.17. The van der Waals surface area contributed by atoms with E-state index in [0.29, 0.717) is 45.7 Å². The van der Waals surface area contributed by atoms with Gasteiger partial charge in [0.25, 0.3) is 0 Å². The first-order valence-electron chi connectivity index (χ1n) is 7.91. The molecule has 26 heavy (non-hydrogen) atoms. The molecule has 0 aromatic heterocycles. The summed E-state index contributed by atoms with van der Waals surface area (Å²) in [5.74, 6) is 10.4.